The Bertz CT molecular complexity index is 372. The maximum atomic E-state index is 11.8. The first kappa shape index (κ1) is 13.5. The van der Waals surface area contributed by atoms with Crippen LogP contribution in [-0.4, -0.2) is 38.3 Å². The van der Waals surface area contributed by atoms with E-state index in [-0.39, 0.29) is 11.4 Å². The fourth-order valence-electron chi connectivity index (χ4n) is 2.38. The molecule has 1 aromatic heterocycles. The summed E-state index contributed by atoms with van der Waals surface area (Å²) in [5, 5.41) is 10.5. The van der Waals surface area contributed by atoms with E-state index in [4.69, 9.17) is 4.74 Å². The Labute approximate surface area is 112 Å². The molecule has 1 unspecified atom stereocenters. The topological polar surface area (TPSA) is 50.4 Å². The minimum atomic E-state index is -0.0704. The standard InChI is InChI=1S/C13H20N2O2S/c1-17-10-13(4-2-5-15-13)9-14-12(16)7-11-3-6-18-8-11/h3,6,8,15H,2,4-5,7,9-10H2,1H3,(H,14,16). The van der Waals surface area contributed by atoms with E-state index in [1.165, 1.54) is 0 Å². The zero-order valence-corrected chi connectivity index (χ0v) is 11.5. The second kappa shape index (κ2) is 6.31. The third-order valence-electron chi connectivity index (χ3n) is 3.32. The number of carbonyl (C=O) groups excluding carboxylic acids is 1. The van der Waals surface area contributed by atoms with Crippen molar-refractivity contribution in [3.8, 4) is 0 Å². The molecule has 0 saturated carbocycles. The maximum absolute atomic E-state index is 11.8. The van der Waals surface area contributed by atoms with Crippen LogP contribution in [0.3, 0.4) is 0 Å². The van der Waals surface area contributed by atoms with Gasteiger partial charge in [-0.15, -0.1) is 0 Å². The number of nitrogens with one attached hydrogen (secondary N) is 2. The lowest BCUT2D eigenvalue weighted by molar-refractivity contribution is -0.120. The summed E-state index contributed by atoms with van der Waals surface area (Å²) in [7, 11) is 1.70. The van der Waals surface area contributed by atoms with E-state index in [0.29, 0.717) is 19.6 Å². The highest BCUT2D eigenvalue weighted by Gasteiger charge is 2.33. The molecule has 100 valence electrons. The van der Waals surface area contributed by atoms with Crippen LogP contribution in [0, 0.1) is 0 Å². The molecule has 4 nitrogen and oxygen atoms in total. The van der Waals surface area contributed by atoms with Gasteiger partial charge in [-0.25, -0.2) is 0 Å². The number of hydrogen-bond donors (Lipinski definition) is 2. The van der Waals surface area contributed by atoms with Crippen molar-refractivity contribution in [1.82, 2.24) is 10.6 Å². The largest absolute Gasteiger partial charge is 0.383 e. The molecule has 1 aliphatic rings. The molecule has 5 heteroatoms. The van der Waals surface area contributed by atoms with Gasteiger partial charge < -0.3 is 15.4 Å². The molecule has 2 heterocycles. The van der Waals surface area contributed by atoms with E-state index >= 15 is 0 Å². The minimum Gasteiger partial charge on any atom is -0.383 e. The summed E-state index contributed by atoms with van der Waals surface area (Å²) >= 11 is 1.62. The van der Waals surface area contributed by atoms with E-state index in [1.54, 1.807) is 18.4 Å². The van der Waals surface area contributed by atoms with Crippen molar-refractivity contribution in [2.75, 3.05) is 26.8 Å². The van der Waals surface area contributed by atoms with Gasteiger partial charge >= 0.3 is 0 Å². The highest BCUT2D eigenvalue weighted by molar-refractivity contribution is 7.07. The van der Waals surface area contributed by atoms with E-state index < -0.39 is 0 Å². The average molecular weight is 268 g/mol. The molecule has 0 aliphatic carbocycles. The summed E-state index contributed by atoms with van der Waals surface area (Å²) in [4.78, 5) is 11.8. The van der Waals surface area contributed by atoms with Gasteiger partial charge in [0.25, 0.3) is 0 Å². The summed E-state index contributed by atoms with van der Waals surface area (Å²) in [6, 6.07) is 1.99. The summed E-state index contributed by atoms with van der Waals surface area (Å²) in [5.41, 5.74) is 1.01. The molecule has 1 saturated heterocycles. The van der Waals surface area contributed by atoms with Gasteiger partial charge in [0, 0.05) is 13.7 Å². The van der Waals surface area contributed by atoms with Gasteiger partial charge in [-0.3, -0.25) is 4.79 Å². The molecule has 0 spiro atoms. The Kier molecular flexibility index (Phi) is 4.74. The van der Waals surface area contributed by atoms with Crippen molar-refractivity contribution in [1.29, 1.82) is 0 Å². The van der Waals surface area contributed by atoms with E-state index in [1.807, 2.05) is 16.8 Å². The fraction of sp³-hybridized carbons (Fsp3) is 0.615. The Balaban J connectivity index is 1.80. The summed E-state index contributed by atoms with van der Waals surface area (Å²) in [6.07, 6.45) is 2.66. The third-order valence-corrected chi connectivity index (χ3v) is 4.05. The summed E-state index contributed by atoms with van der Waals surface area (Å²) < 4.78 is 5.26. The van der Waals surface area contributed by atoms with Crippen molar-refractivity contribution >= 4 is 17.2 Å². The van der Waals surface area contributed by atoms with Crippen LogP contribution in [0.1, 0.15) is 18.4 Å². The zero-order chi connectivity index (χ0) is 12.8. The van der Waals surface area contributed by atoms with E-state index in [0.717, 1.165) is 24.9 Å². The minimum absolute atomic E-state index is 0.0704. The zero-order valence-electron chi connectivity index (χ0n) is 10.7. The summed E-state index contributed by atoms with van der Waals surface area (Å²) in [6.45, 7) is 2.29. The Morgan fingerprint density at radius 3 is 3.17 bits per heavy atom. The van der Waals surface area contributed by atoms with Crippen molar-refractivity contribution in [2.45, 2.75) is 24.8 Å². The quantitative estimate of drug-likeness (QED) is 0.814. The van der Waals surface area contributed by atoms with Gasteiger partial charge in [-0.2, -0.15) is 11.3 Å². The Hall–Kier alpha value is -0.910. The molecule has 0 bridgehead atoms. The highest BCUT2D eigenvalue weighted by Crippen LogP contribution is 2.18. The molecule has 1 atom stereocenters. The molecular formula is C13H20N2O2S. The first-order chi connectivity index (χ1) is 8.74. The number of carbonyl (C=O) groups is 1. The fourth-order valence-corrected chi connectivity index (χ4v) is 3.05. The predicted molar refractivity (Wildman–Crippen MR) is 72.9 cm³/mol. The van der Waals surface area contributed by atoms with Gasteiger partial charge in [-0.1, -0.05) is 0 Å². The number of ether oxygens (including phenoxy) is 1. The van der Waals surface area contributed by atoms with Crippen molar-refractivity contribution in [3.05, 3.63) is 22.4 Å². The lowest BCUT2D eigenvalue weighted by Gasteiger charge is -2.28. The Morgan fingerprint density at radius 2 is 2.56 bits per heavy atom. The second-order valence-electron chi connectivity index (χ2n) is 4.83. The van der Waals surface area contributed by atoms with E-state index in [9.17, 15) is 4.79 Å². The molecule has 2 N–H and O–H groups in total. The molecular weight excluding hydrogens is 248 g/mol. The van der Waals surface area contributed by atoms with Crippen LogP contribution in [0.25, 0.3) is 0 Å². The van der Waals surface area contributed by atoms with Crippen molar-refractivity contribution < 1.29 is 9.53 Å². The third kappa shape index (κ3) is 3.54. The van der Waals surface area contributed by atoms with Gasteiger partial charge in [0.2, 0.25) is 5.91 Å². The van der Waals surface area contributed by atoms with Crippen molar-refractivity contribution in [3.63, 3.8) is 0 Å². The van der Waals surface area contributed by atoms with Crippen LogP contribution in [0.2, 0.25) is 0 Å². The molecule has 18 heavy (non-hydrogen) atoms. The second-order valence-corrected chi connectivity index (χ2v) is 5.61. The monoisotopic (exact) mass is 268 g/mol. The molecule has 0 aromatic carbocycles. The van der Waals surface area contributed by atoms with Gasteiger partial charge in [0.15, 0.2) is 0 Å². The predicted octanol–water partition coefficient (Wildman–Crippen LogP) is 1.18. The van der Waals surface area contributed by atoms with Crippen molar-refractivity contribution in [2.24, 2.45) is 0 Å². The Morgan fingerprint density at radius 1 is 1.67 bits per heavy atom. The normalized spacial score (nSPS) is 23.2. The van der Waals surface area contributed by atoms with Crippen LogP contribution < -0.4 is 10.6 Å². The molecule has 1 aliphatic heterocycles. The first-order valence-electron chi connectivity index (χ1n) is 6.26. The lowest BCUT2D eigenvalue weighted by atomic mass is 9.98. The number of methoxy groups -OCH3 is 1. The number of thiophene rings is 1. The van der Waals surface area contributed by atoms with Gasteiger partial charge in [0.05, 0.1) is 18.6 Å². The molecule has 1 aromatic rings. The average Bonchev–Trinajstić information content (AvgIpc) is 2.99. The molecule has 0 radical (unpaired) electrons. The molecule has 1 amide bonds. The highest BCUT2D eigenvalue weighted by atomic mass is 32.1. The van der Waals surface area contributed by atoms with Gasteiger partial charge in [-0.05, 0) is 41.8 Å². The van der Waals surface area contributed by atoms with Gasteiger partial charge in [0.1, 0.15) is 0 Å². The van der Waals surface area contributed by atoms with Crippen LogP contribution in [-0.2, 0) is 16.0 Å². The molecule has 1 fully saturated rings. The first-order valence-corrected chi connectivity index (χ1v) is 7.20. The maximum Gasteiger partial charge on any atom is 0.224 e. The van der Waals surface area contributed by atoms with E-state index in [2.05, 4.69) is 10.6 Å². The summed E-state index contributed by atoms with van der Waals surface area (Å²) in [5.74, 6) is 0.0811. The van der Waals surface area contributed by atoms with Crippen LogP contribution in [0.15, 0.2) is 16.8 Å². The molecule has 2 rings (SSSR count). The van der Waals surface area contributed by atoms with Crippen LogP contribution in [0.5, 0.6) is 0 Å². The lowest BCUT2D eigenvalue weighted by Crippen LogP contribution is -2.53. The SMILES string of the molecule is COCC1(CNC(=O)Cc2ccsc2)CCCN1. The smallest absolute Gasteiger partial charge is 0.224 e. The van der Waals surface area contributed by atoms with Crippen LogP contribution in [0.4, 0.5) is 0 Å². The number of rotatable bonds is 6. The van der Waals surface area contributed by atoms with Crippen LogP contribution >= 0.6 is 11.3 Å². The number of amides is 1. The number of hydrogen-bond acceptors (Lipinski definition) is 4.